The van der Waals surface area contributed by atoms with Gasteiger partial charge in [0.05, 0.1) is 11.1 Å². The number of hydrogen-bond acceptors (Lipinski definition) is 1. The summed E-state index contributed by atoms with van der Waals surface area (Å²) < 4.78 is 13.2. The highest BCUT2D eigenvalue weighted by Crippen LogP contribution is 2.27. The van der Waals surface area contributed by atoms with Gasteiger partial charge in [0.2, 0.25) is 0 Å². The number of carbonyl (C=O) groups is 1. The molecule has 2 rings (SSSR count). The van der Waals surface area contributed by atoms with E-state index in [9.17, 15) is 9.18 Å². The van der Waals surface area contributed by atoms with E-state index in [2.05, 4.69) is 4.98 Å². The number of rotatable bonds is 2. The summed E-state index contributed by atoms with van der Waals surface area (Å²) in [5, 5.41) is 9.55. The molecule has 3 nitrogen and oxygen atoms in total. The number of fused-ring (bicyclic) bond motifs is 1. The number of H-pyrrole nitrogens is 1. The lowest BCUT2D eigenvalue weighted by molar-refractivity contribution is 0.0699. The number of alkyl halides is 1. The van der Waals surface area contributed by atoms with Gasteiger partial charge in [0.15, 0.2) is 0 Å². The zero-order valence-electron chi connectivity index (χ0n) is 8.12. The third-order valence-electron chi connectivity index (χ3n) is 2.41. The van der Waals surface area contributed by atoms with E-state index in [4.69, 9.17) is 5.11 Å². The van der Waals surface area contributed by atoms with Gasteiger partial charge in [0.25, 0.3) is 0 Å². The molecule has 1 aromatic heterocycles. The van der Waals surface area contributed by atoms with E-state index in [1.807, 2.05) is 0 Å². The van der Waals surface area contributed by atoms with Crippen LogP contribution in [-0.2, 0) is 0 Å². The Hall–Kier alpha value is -1.84. The number of para-hydroxylation sites is 1. The summed E-state index contributed by atoms with van der Waals surface area (Å²) in [5.74, 6) is -1.01. The van der Waals surface area contributed by atoms with Gasteiger partial charge < -0.3 is 10.1 Å². The first-order valence-electron chi connectivity index (χ1n) is 4.58. The van der Waals surface area contributed by atoms with Crippen molar-refractivity contribution >= 4 is 16.9 Å². The first-order chi connectivity index (χ1) is 7.11. The first-order valence-corrected chi connectivity index (χ1v) is 4.58. The van der Waals surface area contributed by atoms with Crippen molar-refractivity contribution in [1.29, 1.82) is 0 Å². The van der Waals surface area contributed by atoms with Crippen LogP contribution >= 0.6 is 0 Å². The largest absolute Gasteiger partial charge is 0.478 e. The molecule has 0 saturated heterocycles. The van der Waals surface area contributed by atoms with Crippen molar-refractivity contribution in [3.8, 4) is 0 Å². The van der Waals surface area contributed by atoms with Gasteiger partial charge in [-0.1, -0.05) is 12.1 Å². The van der Waals surface area contributed by atoms with Crippen molar-refractivity contribution < 1.29 is 14.3 Å². The molecular formula is C11H10FNO2. The second kappa shape index (κ2) is 3.38. The van der Waals surface area contributed by atoms with E-state index in [1.54, 1.807) is 12.1 Å². The smallest absolute Gasteiger partial charge is 0.337 e. The van der Waals surface area contributed by atoms with Crippen molar-refractivity contribution in [2.75, 3.05) is 0 Å². The van der Waals surface area contributed by atoms with Crippen LogP contribution in [0, 0.1) is 0 Å². The number of benzene rings is 1. The molecular weight excluding hydrogens is 197 g/mol. The van der Waals surface area contributed by atoms with Crippen LogP contribution in [-0.4, -0.2) is 16.1 Å². The first kappa shape index (κ1) is 9.71. The van der Waals surface area contributed by atoms with Gasteiger partial charge >= 0.3 is 5.97 Å². The Bertz CT molecular complexity index is 516. The molecule has 1 aromatic carbocycles. The van der Waals surface area contributed by atoms with Crippen molar-refractivity contribution in [1.82, 2.24) is 4.98 Å². The van der Waals surface area contributed by atoms with E-state index in [-0.39, 0.29) is 5.56 Å². The molecule has 1 unspecified atom stereocenters. The lowest BCUT2D eigenvalue weighted by Gasteiger charge is -2.00. The maximum absolute atomic E-state index is 13.2. The topological polar surface area (TPSA) is 53.1 Å². The number of halogens is 1. The van der Waals surface area contributed by atoms with Crippen molar-refractivity contribution in [3.63, 3.8) is 0 Å². The summed E-state index contributed by atoms with van der Waals surface area (Å²) in [6, 6.07) is 4.82. The van der Waals surface area contributed by atoms with Crippen LogP contribution in [0.1, 0.15) is 29.0 Å². The number of carboxylic acids is 1. The average molecular weight is 207 g/mol. The lowest BCUT2D eigenvalue weighted by Crippen LogP contribution is -1.96. The van der Waals surface area contributed by atoms with Gasteiger partial charge in [0, 0.05) is 17.1 Å². The van der Waals surface area contributed by atoms with Crippen LogP contribution in [0.15, 0.2) is 24.4 Å². The molecule has 4 heteroatoms. The molecule has 78 valence electrons. The fourth-order valence-electron chi connectivity index (χ4n) is 1.68. The van der Waals surface area contributed by atoms with Crippen LogP contribution < -0.4 is 0 Å². The van der Waals surface area contributed by atoms with Crippen LogP contribution in [0.3, 0.4) is 0 Å². The van der Waals surface area contributed by atoms with Crippen molar-refractivity contribution in [3.05, 3.63) is 35.5 Å². The maximum Gasteiger partial charge on any atom is 0.337 e. The molecule has 0 spiro atoms. The SMILES string of the molecule is CC(F)c1c[nH]c2c(C(=O)O)cccc12. The molecule has 0 aliphatic heterocycles. The Morgan fingerprint density at radius 3 is 2.87 bits per heavy atom. The number of aromatic amines is 1. The van der Waals surface area contributed by atoms with Crippen molar-refractivity contribution in [2.45, 2.75) is 13.1 Å². The van der Waals surface area contributed by atoms with Crippen LogP contribution in [0.5, 0.6) is 0 Å². The summed E-state index contributed by atoms with van der Waals surface area (Å²) in [5.41, 5.74) is 1.14. The van der Waals surface area contributed by atoms with Crippen LogP contribution in [0.2, 0.25) is 0 Å². The summed E-state index contributed by atoms with van der Waals surface area (Å²) in [6.45, 7) is 1.43. The third kappa shape index (κ3) is 1.48. The minimum absolute atomic E-state index is 0.166. The van der Waals surface area contributed by atoms with E-state index >= 15 is 0 Å². The molecule has 0 amide bonds. The summed E-state index contributed by atoms with van der Waals surface area (Å²) in [7, 11) is 0. The number of aromatic carboxylic acids is 1. The van der Waals surface area contributed by atoms with E-state index in [0.29, 0.717) is 16.5 Å². The second-order valence-electron chi connectivity index (χ2n) is 3.39. The van der Waals surface area contributed by atoms with Gasteiger partial charge in [-0.15, -0.1) is 0 Å². The highest BCUT2D eigenvalue weighted by atomic mass is 19.1. The Morgan fingerprint density at radius 1 is 1.53 bits per heavy atom. The maximum atomic E-state index is 13.2. The number of aromatic nitrogens is 1. The predicted octanol–water partition coefficient (Wildman–Crippen LogP) is 2.90. The zero-order valence-corrected chi connectivity index (χ0v) is 8.12. The van der Waals surface area contributed by atoms with Gasteiger partial charge in [0.1, 0.15) is 6.17 Å². The van der Waals surface area contributed by atoms with Gasteiger partial charge in [-0.2, -0.15) is 0 Å². The Balaban J connectivity index is 2.74. The monoisotopic (exact) mass is 207 g/mol. The molecule has 1 atom stereocenters. The minimum Gasteiger partial charge on any atom is -0.478 e. The van der Waals surface area contributed by atoms with E-state index < -0.39 is 12.1 Å². The normalized spacial score (nSPS) is 12.9. The number of hydrogen-bond donors (Lipinski definition) is 2. The van der Waals surface area contributed by atoms with Gasteiger partial charge in [-0.3, -0.25) is 0 Å². The van der Waals surface area contributed by atoms with Crippen molar-refractivity contribution in [2.24, 2.45) is 0 Å². The quantitative estimate of drug-likeness (QED) is 0.795. The predicted molar refractivity (Wildman–Crippen MR) is 54.8 cm³/mol. The zero-order chi connectivity index (χ0) is 11.0. The summed E-state index contributed by atoms with van der Waals surface area (Å²) in [6.07, 6.45) is 0.407. The molecule has 0 bridgehead atoms. The van der Waals surface area contributed by atoms with E-state index in [1.165, 1.54) is 19.2 Å². The molecule has 1 heterocycles. The molecule has 0 radical (unpaired) electrons. The van der Waals surface area contributed by atoms with Gasteiger partial charge in [-0.05, 0) is 13.0 Å². The highest BCUT2D eigenvalue weighted by Gasteiger charge is 2.14. The van der Waals surface area contributed by atoms with Gasteiger partial charge in [-0.25, -0.2) is 9.18 Å². The fraction of sp³-hybridized carbons (Fsp3) is 0.182. The average Bonchev–Trinajstić information content (AvgIpc) is 2.59. The molecule has 15 heavy (non-hydrogen) atoms. The number of carboxylic acid groups (broad SMARTS) is 1. The highest BCUT2D eigenvalue weighted by molar-refractivity contribution is 6.03. The molecule has 0 saturated carbocycles. The molecule has 2 aromatic rings. The summed E-state index contributed by atoms with van der Waals surface area (Å²) in [4.78, 5) is 13.7. The second-order valence-corrected chi connectivity index (χ2v) is 3.39. The van der Waals surface area contributed by atoms with Crippen LogP contribution in [0.4, 0.5) is 4.39 Å². The Kier molecular flexibility index (Phi) is 2.19. The molecule has 0 aliphatic rings. The van der Waals surface area contributed by atoms with Crippen LogP contribution in [0.25, 0.3) is 10.9 Å². The summed E-state index contributed by atoms with van der Waals surface area (Å²) >= 11 is 0. The lowest BCUT2D eigenvalue weighted by atomic mass is 10.1. The number of nitrogens with one attached hydrogen (secondary N) is 1. The minimum atomic E-state index is -1.11. The third-order valence-corrected chi connectivity index (χ3v) is 2.41. The standard InChI is InChI=1S/C11H10FNO2/c1-6(12)9-5-13-10-7(9)3-2-4-8(10)11(14)15/h2-6,13H,1H3,(H,14,15). The molecule has 0 fully saturated rings. The van der Waals surface area contributed by atoms with E-state index in [0.717, 1.165) is 0 Å². The molecule has 2 N–H and O–H groups in total. The molecule has 0 aliphatic carbocycles. The Labute approximate surface area is 85.5 Å². The Morgan fingerprint density at radius 2 is 2.27 bits per heavy atom. The fourth-order valence-corrected chi connectivity index (χ4v) is 1.68.